The van der Waals surface area contributed by atoms with Crippen LogP contribution in [0.1, 0.15) is 66.6 Å². The number of aryl methyl sites for hydroxylation is 1. The summed E-state index contributed by atoms with van der Waals surface area (Å²) in [6.07, 6.45) is 6.27. The molecule has 0 aliphatic heterocycles. The molecule has 0 bridgehead atoms. The van der Waals surface area contributed by atoms with Crippen LogP contribution >= 0.6 is 11.6 Å². The summed E-state index contributed by atoms with van der Waals surface area (Å²) < 4.78 is 15.4. The van der Waals surface area contributed by atoms with E-state index in [-0.39, 0.29) is 0 Å². The molecule has 1 saturated carbocycles. The fraction of sp³-hybridized carbons (Fsp3) is 0.500. The van der Waals surface area contributed by atoms with E-state index in [1.165, 1.54) is 31.4 Å². The largest absolute Gasteiger partial charge is 0.369 e. The summed E-state index contributed by atoms with van der Waals surface area (Å²) in [6.45, 7) is 3.93. The van der Waals surface area contributed by atoms with E-state index in [9.17, 15) is 9.18 Å². The van der Waals surface area contributed by atoms with Gasteiger partial charge in [-0.15, -0.1) is 0 Å². The van der Waals surface area contributed by atoms with Crippen LogP contribution in [0.3, 0.4) is 0 Å². The van der Waals surface area contributed by atoms with E-state index in [1.54, 1.807) is 6.07 Å². The molecule has 4 nitrogen and oxygen atoms in total. The monoisotopic (exact) mass is 377 g/mol. The SMILES string of the molecule is Cc1nn(C2CCCCC2)c(C)c1C(Cc1ccc(F)cc1Cl)C(N)=O. The van der Waals surface area contributed by atoms with E-state index in [1.807, 2.05) is 13.8 Å². The molecular formula is C20H25ClFN3O. The molecule has 1 aliphatic rings. The minimum absolute atomic E-state index is 0.311. The lowest BCUT2D eigenvalue weighted by molar-refractivity contribution is -0.119. The number of carbonyl (C=O) groups is 1. The second-order valence-electron chi connectivity index (χ2n) is 7.22. The number of carbonyl (C=O) groups excluding carboxylic acids is 1. The molecular weight excluding hydrogens is 353 g/mol. The summed E-state index contributed by atoms with van der Waals surface area (Å²) in [4.78, 5) is 12.2. The minimum Gasteiger partial charge on any atom is -0.369 e. The van der Waals surface area contributed by atoms with Gasteiger partial charge in [0.1, 0.15) is 5.82 Å². The van der Waals surface area contributed by atoms with E-state index in [4.69, 9.17) is 22.4 Å². The molecule has 1 aromatic heterocycles. The van der Waals surface area contributed by atoms with E-state index < -0.39 is 17.6 Å². The van der Waals surface area contributed by atoms with E-state index >= 15 is 0 Å². The van der Waals surface area contributed by atoms with Crippen LogP contribution in [-0.2, 0) is 11.2 Å². The molecule has 1 aromatic carbocycles. The Morgan fingerprint density at radius 3 is 2.65 bits per heavy atom. The van der Waals surface area contributed by atoms with Crippen molar-refractivity contribution in [3.8, 4) is 0 Å². The van der Waals surface area contributed by atoms with E-state index in [2.05, 4.69) is 4.68 Å². The lowest BCUT2D eigenvalue weighted by Gasteiger charge is -2.24. The highest BCUT2D eigenvalue weighted by Crippen LogP contribution is 2.34. The first-order valence-electron chi connectivity index (χ1n) is 9.17. The van der Waals surface area contributed by atoms with E-state index in [0.29, 0.717) is 23.0 Å². The molecule has 2 N–H and O–H groups in total. The number of rotatable bonds is 5. The van der Waals surface area contributed by atoms with Gasteiger partial charge >= 0.3 is 0 Å². The Balaban J connectivity index is 1.95. The van der Waals surface area contributed by atoms with Crippen molar-refractivity contribution in [2.75, 3.05) is 0 Å². The standard InChI is InChI=1S/C20H25ClFN3O/c1-12-19(13(2)25(24-12)16-6-4-3-5-7-16)17(20(23)26)10-14-8-9-15(22)11-18(14)21/h8-9,11,16-17H,3-7,10H2,1-2H3,(H2,23,26). The van der Waals surface area contributed by atoms with Gasteiger partial charge in [0.15, 0.2) is 0 Å². The van der Waals surface area contributed by atoms with Crippen molar-refractivity contribution in [1.82, 2.24) is 9.78 Å². The third-order valence-electron chi connectivity index (χ3n) is 5.43. The average molecular weight is 378 g/mol. The van der Waals surface area contributed by atoms with Crippen LogP contribution in [0.25, 0.3) is 0 Å². The normalized spacial score (nSPS) is 16.6. The maximum Gasteiger partial charge on any atom is 0.225 e. The molecule has 140 valence electrons. The molecule has 26 heavy (non-hydrogen) atoms. The third-order valence-corrected chi connectivity index (χ3v) is 5.78. The Morgan fingerprint density at radius 2 is 2.04 bits per heavy atom. The van der Waals surface area contributed by atoms with Gasteiger partial charge in [-0.1, -0.05) is 36.9 Å². The highest BCUT2D eigenvalue weighted by atomic mass is 35.5. The van der Waals surface area contributed by atoms with Crippen molar-refractivity contribution >= 4 is 17.5 Å². The van der Waals surface area contributed by atoms with Crippen molar-refractivity contribution in [3.05, 3.63) is 51.6 Å². The molecule has 1 atom stereocenters. The zero-order valence-electron chi connectivity index (χ0n) is 15.3. The predicted molar refractivity (Wildman–Crippen MR) is 101 cm³/mol. The first-order valence-corrected chi connectivity index (χ1v) is 9.55. The van der Waals surface area contributed by atoms with Gasteiger partial charge in [0.2, 0.25) is 5.91 Å². The first kappa shape index (κ1) is 18.9. The number of benzene rings is 1. The summed E-state index contributed by atoms with van der Waals surface area (Å²) in [5.41, 5.74) is 9.14. The van der Waals surface area contributed by atoms with Crippen LogP contribution in [0.15, 0.2) is 18.2 Å². The molecule has 0 radical (unpaired) electrons. The van der Waals surface area contributed by atoms with Crippen molar-refractivity contribution in [2.24, 2.45) is 5.73 Å². The average Bonchev–Trinajstić information content (AvgIpc) is 2.89. The lowest BCUT2D eigenvalue weighted by Crippen LogP contribution is -2.25. The number of nitrogens with two attached hydrogens (primary N) is 1. The van der Waals surface area contributed by atoms with Gasteiger partial charge in [0, 0.05) is 16.3 Å². The Kier molecular flexibility index (Phi) is 5.66. The number of primary amides is 1. The van der Waals surface area contributed by atoms with Crippen LogP contribution in [0.4, 0.5) is 4.39 Å². The molecule has 0 saturated heterocycles. The van der Waals surface area contributed by atoms with Gasteiger partial charge in [-0.25, -0.2) is 4.39 Å². The molecule has 6 heteroatoms. The van der Waals surface area contributed by atoms with Crippen LogP contribution in [0, 0.1) is 19.7 Å². The second kappa shape index (κ2) is 7.78. The van der Waals surface area contributed by atoms with Gasteiger partial charge in [-0.05, 0) is 50.8 Å². The van der Waals surface area contributed by atoms with Gasteiger partial charge in [-0.3, -0.25) is 9.48 Å². The lowest BCUT2D eigenvalue weighted by atomic mass is 9.89. The van der Waals surface area contributed by atoms with Crippen molar-refractivity contribution < 1.29 is 9.18 Å². The number of hydrogen-bond donors (Lipinski definition) is 1. The molecule has 1 aliphatic carbocycles. The maximum absolute atomic E-state index is 13.3. The highest BCUT2D eigenvalue weighted by molar-refractivity contribution is 6.31. The Morgan fingerprint density at radius 1 is 1.35 bits per heavy atom. The summed E-state index contributed by atoms with van der Waals surface area (Å²) in [7, 11) is 0. The Hall–Kier alpha value is -1.88. The number of amides is 1. The Bertz CT molecular complexity index is 812. The topological polar surface area (TPSA) is 60.9 Å². The fourth-order valence-corrected chi connectivity index (χ4v) is 4.36. The Labute approximate surface area is 158 Å². The summed E-state index contributed by atoms with van der Waals surface area (Å²) in [5, 5.41) is 5.04. The van der Waals surface area contributed by atoms with Gasteiger partial charge in [0.05, 0.1) is 17.7 Å². The summed E-state index contributed by atoms with van der Waals surface area (Å²) in [6, 6.07) is 4.62. The zero-order valence-corrected chi connectivity index (χ0v) is 16.0. The van der Waals surface area contributed by atoms with Crippen LogP contribution in [0.5, 0.6) is 0 Å². The van der Waals surface area contributed by atoms with Gasteiger partial charge < -0.3 is 5.73 Å². The molecule has 0 spiro atoms. The molecule has 3 rings (SSSR count). The summed E-state index contributed by atoms with van der Waals surface area (Å²) in [5.74, 6) is -1.35. The van der Waals surface area contributed by atoms with Crippen LogP contribution in [0.2, 0.25) is 5.02 Å². The van der Waals surface area contributed by atoms with Crippen molar-refractivity contribution in [3.63, 3.8) is 0 Å². The molecule has 1 unspecified atom stereocenters. The molecule has 1 fully saturated rings. The van der Waals surface area contributed by atoms with Crippen molar-refractivity contribution in [2.45, 2.75) is 64.3 Å². The van der Waals surface area contributed by atoms with E-state index in [0.717, 1.165) is 29.8 Å². The predicted octanol–water partition coefficient (Wildman–Crippen LogP) is 4.61. The van der Waals surface area contributed by atoms with Crippen molar-refractivity contribution in [1.29, 1.82) is 0 Å². The third kappa shape index (κ3) is 3.78. The number of hydrogen-bond acceptors (Lipinski definition) is 2. The first-order chi connectivity index (χ1) is 12.4. The van der Waals surface area contributed by atoms with Gasteiger partial charge in [-0.2, -0.15) is 5.10 Å². The van der Waals surface area contributed by atoms with Crippen LogP contribution < -0.4 is 5.73 Å². The highest BCUT2D eigenvalue weighted by Gasteiger charge is 2.29. The maximum atomic E-state index is 13.3. The second-order valence-corrected chi connectivity index (χ2v) is 7.62. The molecule has 1 amide bonds. The van der Waals surface area contributed by atoms with Gasteiger partial charge in [0.25, 0.3) is 0 Å². The zero-order chi connectivity index (χ0) is 18.8. The summed E-state index contributed by atoms with van der Waals surface area (Å²) >= 11 is 6.16. The quantitative estimate of drug-likeness (QED) is 0.827. The minimum atomic E-state index is -0.532. The smallest absolute Gasteiger partial charge is 0.225 e. The number of aromatic nitrogens is 2. The number of halogens is 2. The fourth-order valence-electron chi connectivity index (χ4n) is 4.11. The van der Waals surface area contributed by atoms with Crippen LogP contribution in [-0.4, -0.2) is 15.7 Å². The number of nitrogens with zero attached hydrogens (tertiary/aromatic N) is 2. The molecule has 1 heterocycles. The molecule has 2 aromatic rings.